The summed E-state index contributed by atoms with van der Waals surface area (Å²) in [6.45, 7) is 10.0. The minimum Gasteiger partial charge on any atom is -0.298 e. The maximum atomic E-state index is 4.26. The molecule has 90 valence electrons. The van der Waals surface area contributed by atoms with Gasteiger partial charge in [0.15, 0.2) is 0 Å². The molecule has 5 heteroatoms. The topological polar surface area (TPSA) is 37.2 Å². The molecule has 0 atom stereocenters. The number of rotatable bonds is 3. The summed E-state index contributed by atoms with van der Waals surface area (Å²) in [5.74, 6) is 1.05. The van der Waals surface area contributed by atoms with Crippen molar-refractivity contribution in [2.75, 3.05) is 26.2 Å². The van der Waals surface area contributed by atoms with Gasteiger partial charge in [-0.1, -0.05) is 0 Å². The number of nitrogens with zero attached hydrogens (tertiary/aromatic N) is 5. The van der Waals surface area contributed by atoms with Gasteiger partial charge in [0.05, 0.1) is 6.54 Å². The third-order valence-electron chi connectivity index (χ3n) is 3.31. The Balaban J connectivity index is 1.84. The maximum Gasteiger partial charge on any atom is 0.140 e. The molecule has 2 heterocycles. The summed E-state index contributed by atoms with van der Waals surface area (Å²) < 4.78 is 1.86. The molecular formula is C11H21N5. The van der Waals surface area contributed by atoms with Crippen molar-refractivity contribution in [3.63, 3.8) is 0 Å². The fraction of sp³-hybridized carbons (Fsp3) is 0.818. The highest BCUT2D eigenvalue weighted by molar-refractivity contribution is 4.85. The van der Waals surface area contributed by atoms with Gasteiger partial charge in [-0.15, -0.1) is 0 Å². The van der Waals surface area contributed by atoms with Crippen LogP contribution in [0.25, 0.3) is 0 Å². The van der Waals surface area contributed by atoms with Gasteiger partial charge in [0.2, 0.25) is 0 Å². The van der Waals surface area contributed by atoms with Crippen molar-refractivity contribution >= 4 is 0 Å². The first-order chi connectivity index (χ1) is 7.66. The van der Waals surface area contributed by atoms with Gasteiger partial charge in [-0.25, -0.2) is 4.98 Å². The molecule has 1 aliphatic rings. The first-order valence-electron chi connectivity index (χ1n) is 5.96. The largest absolute Gasteiger partial charge is 0.298 e. The van der Waals surface area contributed by atoms with Gasteiger partial charge in [0.1, 0.15) is 12.2 Å². The van der Waals surface area contributed by atoms with E-state index in [1.807, 2.05) is 11.7 Å². The first kappa shape index (κ1) is 11.5. The Kier molecular flexibility index (Phi) is 3.56. The molecule has 0 unspecified atom stereocenters. The lowest BCUT2D eigenvalue weighted by molar-refractivity contribution is 0.101. The van der Waals surface area contributed by atoms with Crippen molar-refractivity contribution in [1.29, 1.82) is 0 Å². The summed E-state index contributed by atoms with van der Waals surface area (Å²) in [7, 11) is 1.95. The van der Waals surface area contributed by atoms with E-state index < -0.39 is 0 Å². The van der Waals surface area contributed by atoms with Crippen LogP contribution in [-0.4, -0.2) is 56.8 Å². The zero-order valence-electron chi connectivity index (χ0n) is 10.4. The van der Waals surface area contributed by atoms with Crippen molar-refractivity contribution in [2.45, 2.75) is 26.4 Å². The molecule has 0 N–H and O–H groups in total. The van der Waals surface area contributed by atoms with Crippen LogP contribution in [-0.2, 0) is 13.6 Å². The van der Waals surface area contributed by atoms with Gasteiger partial charge in [-0.3, -0.25) is 14.5 Å². The van der Waals surface area contributed by atoms with Crippen LogP contribution in [0.2, 0.25) is 0 Å². The fourth-order valence-electron chi connectivity index (χ4n) is 2.10. The number of piperazine rings is 1. The van der Waals surface area contributed by atoms with Crippen molar-refractivity contribution < 1.29 is 0 Å². The standard InChI is InChI=1S/C11H21N5/c1-10(2)16-6-4-15(5-7-16)8-11-12-9-13-14(11)3/h9-10H,4-8H2,1-3H3. The monoisotopic (exact) mass is 223 g/mol. The van der Waals surface area contributed by atoms with E-state index in [9.17, 15) is 0 Å². The van der Waals surface area contributed by atoms with Gasteiger partial charge in [-0.2, -0.15) is 5.10 Å². The fourth-order valence-corrected chi connectivity index (χ4v) is 2.10. The molecule has 1 aromatic rings. The number of hydrogen-bond acceptors (Lipinski definition) is 4. The molecule has 0 spiro atoms. The predicted octanol–water partition coefficient (Wildman–Crippen LogP) is 0.341. The molecule has 0 saturated carbocycles. The molecule has 0 amide bonds. The number of aryl methyl sites for hydroxylation is 1. The van der Waals surface area contributed by atoms with E-state index in [0.717, 1.165) is 38.5 Å². The second-order valence-corrected chi connectivity index (χ2v) is 4.71. The van der Waals surface area contributed by atoms with Gasteiger partial charge < -0.3 is 0 Å². The van der Waals surface area contributed by atoms with Crippen molar-refractivity contribution in [3.8, 4) is 0 Å². The van der Waals surface area contributed by atoms with Crippen LogP contribution in [0.3, 0.4) is 0 Å². The van der Waals surface area contributed by atoms with Crippen LogP contribution in [0, 0.1) is 0 Å². The first-order valence-corrected chi connectivity index (χ1v) is 5.96. The van der Waals surface area contributed by atoms with E-state index in [2.05, 4.69) is 33.7 Å². The average molecular weight is 223 g/mol. The highest BCUT2D eigenvalue weighted by atomic mass is 15.3. The Labute approximate surface area is 97.1 Å². The molecule has 0 radical (unpaired) electrons. The normalized spacial score (nSPS) is 19.5. The predicted molar refractivity (Wildman–Crippen MR) is 63.0 cm³/mol. The summed E-state index contributed by atoms with van der Waals surface area (Å²) in [5, 5.41) is 4.09. The van der Waals surface area contributed by atoms with Gasteiger partial charge >= 0.3 is 0 Å². The van der Waals surface area contributed by atoms with E-state index in [-0.39, 0.29) is 0 Å². The smallest absolute Gasteiger partial charge is 0.140 e. The molecule has 0 aliphatic carbocycles. The van der Waals surface area contributed by atoms with Crippen LogP contribution in [0.1, 0.15) is 19.7 Å². The third-order valence-corrected chi connectivity index (χ3v) is 3.31. The van der Waals surface area contributed by atoms with E-state index in [0.29, 0.717) is 6.04 Å². The van der Waals surface area contributed by atoms with E-state index in [4.69, 9.17) is 0 Å². The Hall–Kier alpha value is -0.940. The Morgan fingerprint density at radius 1 is 1.25 bits per heavy atom. The molecular weight excluding hydrogens is 202 g/mol. The second kappa shape index (κ2) is 4.93. The van der Waals surface area contributed by atoms with Crippen LogP contribution in [0.15, 0.2) is 6.33 Å². The van der Waals surface area contributed by atoms with E-state index in [1.54, 1.807) is 6.33 Å². The molecule has 1 aliphatic heterocycles. The number of aromatic nitrogens is 3. The molecule has 1 aromatic heterocycles. The molecule has 5 nitrogen and oxygen atoms in total. The summed E-state index contributed by atoms with van der Waals surface area (Å²) >= 11 is 0. The molecule has 1 saturated heterocycles. The van der Waals surface area contributed by atoms with Crippen LogP contribution < -0.4 is 0 Å². The van der Waals surface area contributed by atoms with Gasteiger partial charge in [-0.05, 0) is 13.8 Å². The molecule has 2 rings (SSSR count). The summed E-state index contributed by atoms with van der Waals surface area (Å²) in [6.07, 6.45) is 1.62. The van der Waals surface area contributed by atoms with Crippen molar-refractivity contribution in [2.24, 2.45) is 7.05 Å². The summed E-state index contributed by atoms with van der Waals surface area (Å²) in [6, 6.07) is 0.664. The van der Waals surface area contributed by atoms with Gasteiger partial charge in [0.25, 0.3) is 0 Å². The Bertz CT molecular complexity index is 325. The lowest BCUT2D eigenvalue weighted by atomic mass is 10.2. The van der Waals surface area contributed by atoms with Crippen LogP contribution >= 0.6 is 0 Å². The minimum absolute atomic E-state index is 0.664. The molecule has 1 fully saturated rings. The van der Waals surface area contributed by atoms with E-state index in [1.165, 1.54) is 0 Å². The van der Waals surface area contributed by atoms with Crippen molar-refractivity contribution in [1.82, 2.24) is 24.6 Å². The molecule has 0 aromatic carbocycles. The zero-order chi connectivity index (χ0) is 11.5. The quantitative estimate of drug-likeness (QED) is 0.740. The third kappa shape index (κ3) is 2.59. The number of hydrogen-bond donors (Lipinski definition) is 0. The zero-order valence-corrected chi connectivity index (χ0v) is 10.4. The highest BCUT2D eigenvalue weighted by Gasteiger charge is 2.19. The summed E-state index contributed by atoms with van der Waals surface area (Å²) in [4.78, 5) is 9.23. The molecule has 0 bridgehead atoms. The van der Waals surface area contributed by atoms with E-state index >= 15 is 0 Å². The Morgan fingerprint density at radius 2 is 1.94 bits per heavy atom. The lowest BCUT2D eigenvalue weighted by Crippen LogP contribution is -2.48. The maximum absolute atomic E-state index is 4.26. The van der Waals surface area contributed by atoms with Crippen molar-refractivity contribution in [3.05, 3.63) is 12.2 Å². The van der Waals surface area contributed by atoms with Crippen LogP contribution in [0.5, 0.6) is 0 Å². The summed E-state index contributed by atoms with van der Waals surface area (Å²) in [5.41, 5.74) is 0. The van der Waals surface area contributed by atoms with Crippen LogP contribution in [0.4, 0.5) is 0 Å². The molecule has 16 heavy (non-hydrogen) atoms. The highest BCUT2D eigenvalue weighted by Crippen LogP contribution is 2.08. The second-order valence-electron chi connectivity index (χ2n) is 4.71. The lowest BCUT2D eigenvalue weighted by Gasteiger charge is -2.36. The Morgan fingerprint density at radius 3 is 2.44 bits per heavy atom. The minimum atomic E-state index is 0.664. The SMILES string of the molecule is CC(C)N1CCN(Cc2ncnn2C)CC1. The average Bonchev–Trinajstić information content (AvgIpc) is 2.65. The van der Waals surface area contributed by atoms with Gasteiger partial charge in [0, 0.05) is 39.3 Å².